The average Bonchev–Trinajstić information content (AvgIpc) is 2.69. The number of nitrogens with one attached hydrogen (secondary N) is 1. The van der Waals surface area contributed by atoms with Crippen molar-refractivity contribution < 1.29 is 18.3 Å². The van der Waals surface area contributed by atoms with E-state index < -0.39 is 12.0 Å². The number of alkyl halides is 2. The first-order chi connectivity index (χ1) is 8.91. The Morgan fingerprint density at radius 1 is 1.53 bits per heavy atom. The van der Waals surface area contributed by atoms with Crippen LogP contribution >= 0.6 is 0 Å². The molecule has 1 aromatic carbocycles. The molecule has 19 heavy (non-hydrogen) atoms. The Labute approximate surface area is 109 Å². The van der Waals surface area contributed by atoms with E-state index in [0.717, 1.165) is 0 Å². The molecule has 0 aromatic heterocycles. The molecule has 1 amide bonds. The maximum Gasteiger partial charge on any atom is 0.251 e. The fourth-order valence-corrected chi connectivity index (χ4v) is 2.19. The van der Waals surface area contributed by atoms with Gasteiger partial charge in [-0.25, -0.2) is 8.78 Å². The molecule has 1 saturated carbocycles. The van der Waals surface area contributed by atoms with Gasteiger partial charge in [-0.3, -0.25) is 4.79 Å². The number of carbonyl (C=O) groups excluding carboxylic acids is 1. The number of carbonyl (C=O) groups is 1. The molecule has 0 saturated heterocycles. The Hall–Kier alpha value is -1.85. The Balaban J connectivity index is 2.04. The molecular weight excluding hydrogens is 254 g/mol. The van der Waals surface area contributed by atoms with Crippen molar-refractivity contribution >= 4 is 11.6 Å². The van der Waals surface area contributed by atoms with Crippen LogP contribution in [0.15, 0.2) is 18.2 Å². The molecule has 0 aliphatic heterocycles. The number of hydrogen-bond acceptors (Lipinski definition) is 3. The van der Waals surface area contributed by atoms with Gasteiger partial charge >= 0.3 is 0 Å². The Morgan fingerprint density at radius 2 is 2.26 bits per heavy atom. The standard InChI is InChI=1S/C13H16F2N2O2/c1-19-11-6-8(2-3-10(11)16)12(18)17-9-4-5-13(14,15)7-9/h2-3,6,9H,4-5,7,16H2,1H3,(H,17,18). The number of amides is 1. The topological polar surface area (TPSA) is 64.3 Å². The van der Waals surface area contributed by atoms with Crippen LogP contribution in [0.3, 0.4) is 0 Å². The van der Waals surface area contributed by atoms with Crippen molar-refractivity contribution in [3.8, 4) is 5.75 Å². The van der Waals surface area contributed by atoms with Crippen molar-refractivity contribution in [3.63, 3.8) is 0 Å². The van der Waals surface area contributed by atoms with Gasteiger partial charge in [0.1, 0.15) is 5.75 Å². The summed E-state index contributed by atoms with van der Waals surface area (Å²) in [5.41, 5.74) is 6.41. The maximum absolute atomic E-state index is 13.0. The third kappa shape index (κ3) is 3.13. The largest absolute Gasteiger partial charge is 0.495 e. The molecule has 0 spiro atoms. The Morgan fingerprint density at radius 3 is 2.84 bits per heavy atom. The van der Waals surface area contributed by atoms with Crippen LogP contribution in [0.4, 0.5) is 14.5 Å². The van der Waals surface area contributed by atoms with E-state index in [4.69, 9.17) is 10.5 Å². The van der Waals surface area contributed by atoms with E-state index in [2.05, 4.69) is 5.32 Å². The SMILES string of the molecule is COc1cc(C(=O)NC2CCC(F)(F)C2)ccc1N. The van der Waals surface area contributed by atoms with Crippen molar-refractivity contribution in [1.82, 2.24) is 5.32 Å². The minimum absolute atomic E-state index is 0.178. The van der Waals surface area contributed by atoms with Crippen molar-refractivity contribution in [1.29, 1.82) is 0 Å². The summed E-state index contributed by atoms with van der Waals surface area (Å²) in [6, 6.07) is 4.11. The number of benzene rings is 1. The number of anilines is 1. The lowest BCUT2D eigenvalue weighted by Crippen LogP contribution is -2.33. The molecule has 1 unspecified atom stereocenters. The molecule has 0 radical (unpaired) electrons. The van der Waals surface area contributed by atoms with Crippen LogP contribution in [0.1, 0.15) is 29.6 Å². The first-order valence-electron chi connectivity index (χ1n) is 6.03. The first-order valence-corrected chi connectivity index (χ1v) is 6.03. The van der Waals surface area contributed by atoms with Gasteiger partial charge in [-0.15, -0.1) is 0 Å². The van der Waals surface area contributed by atoms with Crippen LogP contribution in [0.25, 0.3) is 0 Å². The zero-order chi connectivity index (χ0) is 14.0. The van der Waals surface area contributed by atoms with E-state index in [1.807, 2.05) is 0 Å². The molecule has 1 aromatic rings. The molecule has 6 heteroatoms. The molecule has 1 atom stereocenters. The summed E-state index contributed by atoms with van der Waals surface area (Å²) < 4.78 is 31.1. The van der Waals surface area contributed by atoms with E-state index in [0.29, 0.717) is 23.4 Å². The van der Waals surface area contributed by atoms with E-state index in [1.54, 1.807) is 12.1 Å². The lowest BCUT2D eigenvalue weighted by atomic mass is 10.1. The van der Waals surface area contributed by atoms with Crippen LogP contribution in [-0.4, -0.2) is 25.0 Å². The minimum Gasteiger partial charge on any atom is -0.495 e. The maximum atomic E-state index is 13.0. The number of nitrogen functional groups attached to an aromatic ring is 1. The van der Waals surface area contributed by atoms with Crippen LogP contribution in [0.5, 0.6) is 5.75 Å². The summed E-state index contributed by atoms with van der Waals surface area (Å²) in [6.45, 7) is 0. The number of halogens is 2. The van der Waals surface area contributed by atoms with E-state index >= 15 is 0 Å². The van der Waals surface area contributed by atoms with Crippen LogP contribution < -0.4 is 15.8 Å². The number of rotatable bonds is 3. The van der Waals surface area contributed by atoms with Crippen LogP contribution in [0.2, 0.25) is 0 Å². The van der Waals surface area contributed by atoms with Gasteiger partial charge in [-0.1, -0.05) is 0 Å². The highest BCUT2D eigenvalue weighted by Gasteiger charge is 2.40. The second-order valence-electron chi connectivity index (χ2n) is 4.73. The molecule has 1 aliphatic rings. The fraction of sp³-hybridized carbons (Fsp3) is 0.462. The van der Waals surface area contributed by atoms with Crippen molar-refractivity contribution in [2.45, 2.75) is 31.2 Å². The minimum atomic E-state index is -2.67. The van der Waals surface area contributed by atoms with Gasteiger partial charge in [0.05, 0.1) is 12.8 Å². The van der Waals surface area contributed by atoms with Crippen LogP contribution in [-0.2, 0) is 0 Å². The molecule has 4 nitrogen and oxygen atoms in total. The summed E-state index contributed by atoms with van der Waals surface area (Å²) in [5, 5.41) is 2.61. The second kappa shape index (κ2) is 5.03. The zero-order valence-electron chi connectivity index (χ0n) is 10.6. The van der Waals surface area contributed by atoms with Gasteiger partial charge in [0.2, 0.25) is 5.92 Å². The molecule has 1 fully saturated rings. The molecule has 0 bridgehead atoms. The van der Waals surface area contributed by atoms with Crippen molar-refractivity contribution in [2.75, 3.05) is 12.8 Å². The number of ether oxygens (including phenoxy) is 1. The zero-order valence-corrected chi connectivity index (χ0v) is 10.6. The molecule has 2 rings (SSSR count). The van der Waals surface area contributed by atoms with Crippen molar-refractivity contribution in [3.05, 3.63) is 23.8 Å². The lowest BCUT2D eigenvalue weighted by molar-refractivity contribution is 0.00711. The Kier molecular flexibility index (Phi) is 3.59. The first kappa shape index (κ1) is 13.6. The lowest BCUT2D eigenvalue weighted by Gasteiger charge is -2.13. The van der Waals surface area contributed by atoms with Gasteiger partial charge in [0.25, 0.3) is 5.91 Å². The number of hydrogen-bond donors (Lipinski definition) is 2. The Bertz CT molecular complexity index is 492. The third-order valence-electron chi connectivity index (χ3n) is 3.23. The predicted molar refractivity (Wildman–Crippen MR) is 67.5 cm³/mol. The normalized spacial score (nSPS) is 21.1. The van der Waals surface area contributed by atoms with Gasteiger partial charge in [0.15, 0.2) is 0 Å². The average molecular weight is 270 g/mol. The summed E-state index contributed by atoms with van der Waals surface area (Å²) in [6.07, 6.45) is -0.182. The highest BCUT2D eigenvalue weighted by molar-refractivity contribution is 5.95. The summed E-state index contributed by atoms with van der Waals surface area (Å²) >= 11 is 0. The molecular formula is C13H16F2N2O2. The smallest absolute Gasteiger partial charge is 0.251 e. The summed E-state index contributed by atoms with van der Waals surface area (Å²) in [5.74, 6) is -2.66. The highest BCUT2D eigenvalue weighted by Crippen LogP contribution is 2.35. The van der Waals surface area contributed by atoms with E-state index in [1.165, 1.54) is 13.2 Å². The van der Waals surface area contributed by atoms with Gasteiger partial charge in [-0.05, 0) is 24.6 Å². The molecule has 1 aliphatic carbocycles. The number of nitrogens with two attached hydrogens (primary N) is 1. The van der Waals surface area contributed by atoms with E-state index in [-0.39, 0.29) is 18.7 Å². The highest BCUT2D eigenvalue weighted by atomic mass is 19.3. The quantitative estimate of drug-likeness (QED) is 0.827. The predicted octanol–water partition coefficient (Wildman–Crippen LogP) is 2.20. The second-order valence-corrected chi connectivity index (χ2v) is 4.73. The third-order valence-corrected chi connectivity index (χ3v) is 3.23. The van der Waals surface area contributed by atoms with Gasteiger partial charge in [0, 0.05) is 24.4 Å². The van der Waals surface area contributed by atoms with E-state index in [9.17, 15) is 13.6 Å². The van der Waals surface area contributed by atoms with Crippen molar-refractivity contribution in [2.24, 2.45) is 0 Å². The monoisotopic (exact) mass is 270 g/mol. The molecule has 104 valence electrons. The van der Waals surface area contributed by atoms with Gasteiger partial charge in [-0.2, -0.15) is 0 Å². The molecule has 3 N–H and O–H groups in total. The van der Waals surface area contributed by atoms with Gasteiger partial charge < -0.3 is 15.8 Å². The fourth-order valence-electron chi connectivity index (χ4n) is 2.19. The summed E-state index contributed by atoms with van der Waals surface area (Å²) in [4.78, 5) is 11.9. The molecule has 0 heterocycles. The van der Waals surface area contributed by atoms with Crippen LogP contribution in [0, 0.1) is 0 Å². The number of methoxy groups -OCH3 is 1. The summed E-state index contributed by atoms with van der Waals surface area (Å²) in [7, 11) is 1.45.